The van der Waals surface area contributed by atoms with Gasteiger partial charge in [-0.25, -0.2) is 9.59 Å². The summed E-state index contributed by atoms with van der Waals surface area (Å²) in [6.07, 6.45) is 3.57. The zero-order chi connectivity index (χ0) is 18.1. The molecule has 2 fully saturated rings. The zero-order valence-corrected chi connectivity index (χ0v) is 14.5. The third-order valence-electron chi connectivity index (χ3n) is 5.08. The van der Waals surface area contributed by atoms with Crippen LogP contribution in [0.4, 0.5) is 4.79 Å². The number of imidazole rings is 1. The van der Waals surface area contributed by atoms with Crippen LogP contribution in [0.1, 0.15) is 31.7 Å². The van der Waals surface area contributed by atoms with Crippen molar-refractivity contribution < 1.29 is 9.59 Å². The second-order valence-corrected chi connectivity index (χ2v) is 7.12. The lowest BCUT2D eigenvalue weighted by atomic mass is 10.0. The number of rotatable bonds is 4. The van der Waals surface area contributed by atoms with Gasteiger partial charge in [-0.3, -0.25) is 19.6 Å². The van der Waals surface area contributed by atoms with E-state index in [4.69, 9.17) is 0 Å². The van der Waals surface area contributed by atoms with Crippen molar-refractivity contribution in [1.29, 1.82) is 0 Å². The summed E-state index contributed by atoms with van der Waals surface area (Å²) in [7, 11) is 0. The van der Waals surface area contributed by atoms with Crippen molar-refractivity contribution in [2.75, 3.05) is 19.6 Å². The van der Waals surface area contributed by atoms with Crippen LogP contribution in [0.25, 0.3) is 11.0 Å². The van der Waals surface area contributed by atoms with E-state index in [9.17, 15) is 14.4 Å². The van der Waals surface area contributed by atoms with Crippen LogP contribution >= 0.6 is 0 Å². The van der Waals surface area contributed by atoms with Crippen molar-refractivity contribution in [1.82, 2.24) is 25.1 Å². The van der Waals surface area contributed by atoms with E-state index in [1.165, 1.54) is 0 Å². The Morgan fingerprint density at radius 1 is 1.12 bits per heavy atom. The molecule has 8 nitrogen and oxygen atoms in total. The summed E-state index contributed by atoms with van der Waals surface area (Å²) in [6.45, 7) is 1.64. The number of aromatic nitrogens is 2. The SMILES string of the molecule is O=C(CN1CCC(n2c(=O)[nH]c3ccccc32)CC1)NC(=O)NC1CC1. The van der Waals surface area contributed by atoms with Gasteiger partial charge in [0, 0.05) is 25.2 Å². The number of nitrogens with one attached hydrogen (secondary N) is 3. The highest BCUT2D eigenvalue weighted by Gasteiger charge is 2.26. The normalized spacial score (nSPS) is 18.8. The lowest BCUT2D eigenvalue weighted by Crippen LogP contribution is -2.47. The molecule has 26 heavy (non-hydrogen) atoms. The standard InChI is InChI=1S/C18H23N5O3/c24-16(21-17(25)19-12-5-6-12)11-22-9-7-13(8-10-22)23-15-4-2-1-3-14(15)20-18(23)26/h1-4,12-13H,5-11H2,(H,20,26)(H2,19,21,24,25). The molecule has 2 heterocycles. The van der Waals surface area contributed by atoms with Crippen LogP contribution < -0.4 is 16.3 Å². The van der Waals surface area contributed by atoms with E-state index in [-0.39, 0.29) is 30.2 Å². The number of aromatic amines is 1. The van der Waals surface area contributed by atoms with Crippen LogP contribution in [0.5, 0.6) is 0 Å². The van der Waals surface area contributed by atoms with Gasteiger partial charge in [0.2, 0.25) is 5.91 Å². The molecule has 8 heteroatoms. The number of likely N-dealkylation sites (tertiary alicyclic amines) is 1. The van der Waals surface area contributed by atoms with E-state index in [1.54, 1.807) is 0 Å². The van der Waals surface area contributed by atoms with Gasteiger partial charge < -0.3 is 10.3 Å². The van der Waals surface area contributed by atoms with Gasteiger partial charge in [-0.1, -0.05) is 12.1 Å². The highest BCUT2D eigenvalue weighted by molar-refractivity contribution is 5.95. The van der Waals surface area contributed by atoms with E-state index in [1.807, 2.05) is 33.7 Å². The molecule has 1 aliphatic heterocycles. The molecular formula is C18H23N5O3. The van der Waals surface area contributed by atoms with Crippen LogP contribution in [0, 0.1) is 0 Å². The van der Waals surface area contributed by atoms with Crippen molar-refractivity contribution in [3.05, 3.63) is 34.7 Å². The number of nitrogens with zero attached hydrogens (tertiary/aromatic N) is 2. The summed E-state index contributed by atoms with van der Waals surface area (Å²) in [4.78, 5) is 40.8. The fraction of sp³-hybridized carbons (Fsp3) is 0.500. The maximum Gasteiger partial charge on any atom is 0.326 e. The zero-order valence-electron chi connectivity index (χ0n) is 14.5. The molecule has 3 amide bonds. The molecule has 3 N–H and O–H groups in total. The number of urea groups is 1. The second kappa shape index (κ2) is 6.95. The molecule has 4 rings (SSSR count). The van der Waals surface area contributed by atoms with Crippen LogP contribution in [-0.2, 0) is 4.79 Å². The van der Waals surface area contributed by atoms with Gasteiger partial charge in [0.15, 0.2) is 0 Å². The van der Waals surface area contributed by atoms with Gasteiger partial charge in [-0.15, -0.1) is 0 Å². The number of para-hydroxylation sites is 2. The number of fused-ring (bicyclic) bond motifs is 1. The number of hydrogen-bond donors (Lipinski definition) is 3. The molecule has 0 radical (unpaired) electrons. The van der Waals surface area contributed by atoms with Crippen molar-refractivity contribution in [2.45, 2.75) is 37.8 Å². The Balaban J connectivity index is 1.32. The van der Waals surface area contributed by atoms with Gasteiger partial charge in [0.1, 0.15) is 0 Å². The summed E-state index contributed by atoms with van der Waals surface area (Å²) in [5, 5.41) is 5.12. The maximum absolute atomic E-state index is 12.3. The number of carbonyl (C=O) groups is 2. The first kappa shape index (κ1) is 16.8. The van der Waals surface area contributed by atoms with Crippen LogP contribution in [-0.4, -0.2) is 52.1 Å². The molecule has 1 saturated carbocycles. The molecule has 0 atom stereocenters. The van der Waals surface area contributed by atoms with Crippen LogP contribution in [0.2, 0.25) is 0 Å². The average Bonchev–Trinajstić information content (AvgIpc) is 3.35. The third kappa shape index (κ3) is 3.65. The smallest absolute Gasteiger partial charge is 0.326 e. The van der Waals surface area contributed by atoms with Crippen LogP contribution in [0.3, 0.4) is 0 Å². The van der Waals surface area contributed by atoms with Gasteiger partial charge in [-0.2, -0.15) is 0 Å². The first-order valence-electron chi connectivity index (χ1n) is 9.12. The van der Waals surface area contributed by atoms with Gasteiger partial charge in [0.05, 0.1) is 17.6 Å². The number of carbonyl (C=O) groups excluding carboxylic acids is 2. The molecule has 138 valence electrons. The Hall–Kier alpha value is -2.61. The van der Waals surface area contributed by atoms with Gasteiger partial charge >= 0.3 is 11.7 Å². The fourth-order valence-electron chi connectivity index (χ4n) is 3.59. The molecule has 1 aromatic heterocycles. The first-order chi connectivity index (χ1) is 12.6. The summed E-state index contributed by atoms with van der Waals surface area (Å²) in [5.41, 5.74) is 1.69. The quantitative estimate of drug-likeness (QED) is 0.759. The maximum atomic E-state index is 12.3. The summed E-state index contributed by atoms with van der Waals surface area (Å²) in [5.74, 6) is -0.286. The molecule has 2 aromatic rings. The van der Waals surface area contributed by atoms with E-state index in [2.05, 4.69) is 15.6 Å². The Labute approximate surface area is 150 Å². The lowest BCUT2D eigenvalue weighted by molar-refractivity contribution is -0.121. The highest BCUT2D eigenvalue weighted by Crippen LogP contribution is 2.24. The van der Waals surface area contributed by atoms with Crippen molar-refractivity contribution in [2.24, 2.45) is 0 Å². The monoisotopic (exact) mass is 357 g/mol. The molecular weight excluding hydrogens is 334 g/mol. The molecule has 1 aromatic carbocycles. The molecule has 2 aliphatic rings. The summed E-state index contributed by atoms with van der Waals surface area (Å²) in [6, 6.07) is 7.63. The predicted octanol–water partition coefficient (Wildman–Crippen LogP) is 0.955. The number of H-pyrrole nitrogens is 1. The fourth-order valence-corrected chi connectivity index (χ4v) is 3.59. The van der Waals surface area contributed by atoms with E-state index in [0.717, 1.165) is 36.7 Å². The van der Waals surface area contributed by atoms with E-state index < -0.39 is 6.03 Å². The largest absolute Gasteiger partial charge is 0.335 e. The predicted molar refractivity (Wildman–Crippen MR) is 97.0 cm³/mol. The number of hydrogen-bond acceptors (Lipinski definition) is 4. The summed E-state index contributed by atoms with van der Waals surface area (Å²) >= 11 is 0. The van der Waals surface area contributed by atoms with Crippen LogP contribution in [0.15, 0.2) is 29.1 Å². The average molecular weight is 357 g/mol. The lowest BCUT2D eigenvalue weighted by Gasteiger charge is -2.31. The molecule has 0 bridgehead atoms. The molecule has 0 spiro atoms. The minimum Gasteiger partial charge on any atom is -0.335 e. The number of piperidine rings is 1. The first-order valence-corrected chi connectivity index (χ1v) is 9.12. The molecule has 1 aliphatic carbocycles. The van der Waals surface area contributed by atoms with E-state index in [0.29, 0.717) is 13.1 Å². The van der Waals surface area contributed by atoms with Crippen molar-refractivity contribution in [3.63, 3.8) is 0 Å². The highest BCUT2D eigenvalue weighted by atomic mass is 16.2. The minimum absolute atomic E-state index is 0.0841. The second-order valence-electron chi connectivity index (χ2n) is 7.12. The van der Waals surface area contributed by atoms with Gasteiger partial charge in [-0.05, 0) is 37.8 Å². The number of amides is 3. The summed E-state index contributed by atoms with van der Waals surface area (Å²) < 4.78 is 1.83. The Bertz CT molecular complexity index is 874. The topological polar surface area (TPSA) is 99.2 Å². The minimum atomic E-state index is -0.405. The van der Waals surface area contributed by atoms with Crippen molar-refractivity contribution in [3.8, 4) is 0 Å². The molecule has 1 saturated heterocycles. The molecule has 0 unspecified atom stereocenters. The number of benzene rings is 1. The Kier molecular flexibility index (Phi) is 4.50. The Morgan fingerprint density at radius 3 is 2.58 bits per heavy atom. The van der Waals surface area contributed by atoms with Crippen molar-refractivity contribution >= 4 is 23.0 Å². The Morgan fingerprint density at radius 2 is 1.85 bits per heavy atom. The van der Waals surface area contributed by atoms with Gasteiger partial charge in [0.25, 0.3) is 0 Å². The van der Waals surface area contributed by atoms with E-state index >= 15 is 0 Å². The third-order valence-corrected chi connectivity index (χ3v) is 5.08. The number of imide groups is 1.